The van der Waals surface area contributed by atoms with Gasteiger partial charge in [0.05, 0.1) is 26.6 Å². The monoisotopic (exact) mass is 362 g/mol. The largest absolute Gasteiger partial charge is 0.497 e. The predicted molar refractivity (Wildman–Crippen MR) is 107 cm³/mol. The van der Waals surface area contributed by atoms with Crippen LogP contribution < -0.4 is 14.4 Å². The van der Waals surface area contributed by atoms with Gasteiger partial charge in [0.1, 0.15) is 11.5 Å². The van der Waals surface area contributed by atoms with E-state index in [4.69, 9.17) is 9.47 Å². The Balaban J connectivity index is 1.57. The molecule has 1 heterocycles. The molecule has 0 aromatic heterocycles. The van der Waals surface area contributed by atoms with Crippen LogP contribution in [-0.4, -0.2) is 38.7 Å². The van der Waals surface area contributed by atoms with Crippen LogP contribution in [0.5, 0.6) is 11.5 Å². The normalized spacial score (nSPS) is 12.9. The summed E-state index contributed by atoms with van der Waals surface area (Å²) in [5.74, 6) is 1.59. The zero-order valence-electron chi connectivity index (χ0n) is 15.7. The topological polar surface area (TPSA) is 42.0 Å². The van der Waals surface area contributed by atoms with Gasteiger partial charge in [-0.2, -0.15) is 0 Å². The molecule has 0 atom stereocenters. The molecule has 0 radical (unpaired) electrons. The van der Waals surface area contributed by atoms with Crippen molar-refractivity contribution in [1.82, 2.24) is 4.90 Å². The van der Waals surface area contributed by atoms with Gasteiger partial charge in [-0.3, -0.25) is 14.6 Å². The number of nitrogens with zero attached hydrogens (tertiary/aromatic N) is 2. The molecule has 1 aliphatic heterocycles. The third kappa shape index (κ3) is 3.00. The smallest absolute Gasteiger partial charge is 0.260 e. The second-order valence-corrected chi connectivity index (χ2v) is 6.75. The fourth-order valence-corrected chi connectivity index (χ4v) is 3.68. The number of ether oxygens (including phenoxy) is 2. The summed E-state index contributed by atoms with van der Waals surface area (Å²) in [5, 5.41) is 2.14. The molecular weight excluding hydrogens is 340 g/mol. The van der Waals surface area contributed by atoms with Gasteiger partial charge in [0.15, 0.2) is 0 Å². The molecule has 1 amide bonds. The molecular formula is C22H22N2O3. The van der Waals surface area contributed by atoms with Crippen LogP contribution in [0, 0.1) is 0 Å². The predicted octanol–water partition coefficient (Wildman–Crippen LogP) is 3.91. The molecule has 5 nitrogen and oxygen atoms in total. The van der Waals surface area contributed by atoms with Gasteiger partial charge < -0.3 is 9.47 Å². The van der Waals surface area contributed by atoms with E-state index < -0.39 is 0 Å². The average Bonchev–Trinajstić information content (AvgIpc) is 2.96. The van der Waals surface area contributed by atoms with Crippen molar-refractivity contribution in [3.05, 3.63) is 65.7 Å². The molecule has 0 aliphatic carbocycles. The summed E-state index contributed by atoms with van der Waals surface area (Å²) in [6, 6.07) is 17.7. The van der Waals surface area contributed by atoms with Crippen LogP contribution in [0.3, 0.4) is 0 Å². The first kappa shape index (κ1) is 17.4. The van der Waals surface area contributed by atoms with Crippen LogP contribution in [0.2, 0.25) is 0 Å². The van der Waals surface area contributed by atoms with Crippen LogP contribution in [0.1, 0.15) is 15.9 Å². The van der Waals surface area contributed by atoms with E-state index in [-0.39, 0.29) is 5.91 Å². The number of methoxy groups -OCH3 is 2. The third-order valence-electron chi connectivity index (χ3n) is 4.97. The minimum Gasteiger partial charge on any atom is -0.497 e. The Hall–Kier alpha value is -3.05. The lowest BCUT2D eigenvalue weighted by atomic mass is 10.1. The van der Waals surface area contributed by atoms with Crippen molar-refractivity contribution in [2.45, 2.75) is 6.54 Å². The highest BCUT2D eigenvalue weighted by Gasteiger charge is 2.30. The fraction of sp³-hybridized carbons (Fsp3) is 0.227. The van der Waals surface area contributed by atoms with E-state index in [0.717, 1.165) is 39.1 Å². The minimum atomic E-state index is 0.0512. The standard InChI is InChI=1S/C22H22N2O3/c1-23(13-16-10-11-17(26-2)12-20(16)27-3)14-24-19-9-5-7-15-6-4-8-18(21(15)19)22(24)25/h4-12H,13-14H2,1-3H3. The molecule has 0 saturated carbocycles. The Bertz CT molecular complexity index is 1010. The van der Waals surface area contributed by atoms with Crippen LogP contribution in [0.4, 0.5) is 5.69 Å². The second-order valence-electron chi connectivity index (χ2n) is 6.75. The van der Waals surface area contributed by atoms with Crippen LogP contribution in [0.15, 0.2) is 54.6 Å². The van der Waals surface area contributed by atoms with Gasteiger partial charge >= 0.3 is 0 Å². The maximum Gasteiger partial charge on any atom is 0.260 e. The molecule has 0 N–H and O–H groups in total. The maximum absolute atomic E-state index is 12.9. The highest BCUT2D eigenvalue weighted by Crippen LogP contribution is 2.37. The molecule has 0 unspecified atom stereocenters. The number of carbonyl (C=O) groups excluding carboxylic acids is 1. The summed E-state index contributed by atoms with van der Waals surface area (Å²) < 4.78 is 10.7. The Morgan fingerprint density at radius 2 is 1.78 bits per heavy atom. The second kappa shape index (κ2) is 6.93. The number of hydrogen-bond acceptors (Lipinski definition) is 4. The summed E-state index contributed by atoms with van der Waals surface area (Å²) >= 11 is 0. The van der Waals surface area contributed by atoms with Crippen molar-refractivity contribution in [2.75, 3.05) is 32.8 Å². The first-order valence-electron chi connectivity index (χ1n) is 8.85. The van der Waals surface area contributed by atoms with E-state index in [0.29, 0.717) is 13.2 Å². The summed E-state index contributed by atoms with van der Waals surface area (Å²) in [7, 11) is 5.29. The molecule has 0 bridgehead atoms. The molecule has 0 fully saturated rings. The van der Waals surface area contributed by atoms with Gasteiger partial charge in [-0.1, -0.05) is 30.3 Å². The van der Waals surface area contributed by atoms with Gasteiger partial charge in [0, 0.05) is 29.1 Å². The Morgan fingerprint density at radius 3 is 2.52 bits per heavy atom. The maximum atomic E-state index is 12.9. The quantitative estimate of drug-likeness (QED) is 0.667. The van der Waals surface area contributed by atoms with E-state index in [1.165, 1.54) is 0 Å². The average molecular weight is 362 g/mol. The van der Waals surface area contributed by atoms with Gasteiger partial charge in [-0.25, -0.2) is 0 Å². The van der Waals surface area contributed by atoms with E-state index in [9.17, 15) is 4.79 Å². The van der Waals surface area contributed by atoms with Crippen molar-refractivity contribution in [2.24, 2.45) is 0 Å². The van der Waals surface area contributed by atoms with Crippen molar-refractivity contribution >= 4 is 22.4 Å². The Morgan fingerprint density at radius 1 is 1.00 bits per heavy atom. The minimum absolute atomic E-state index is 0.0512. The van der Waals surface area contributed by atoms with Gasteiger partial charge in [-0.15, -0.1) is 0 Å². The molecule has 3 aromatic rings. The molecule has 0 saturated heterocycles. The first-order valence-corrected chi connectivity index (χ1v) is 8.85. The Labute approximate surface area is 158 Å². The molecule has 27 heavy (non-hydrogen) atoms. The van der Waals surface area contributed by atoms with Crippen molar-refractivity contribution in [3.8, 4) is 11.5 Å². The summed E-state index contributed by atoms with van der Waals surface area (Å²) in [6.07, 6.45) is 0. The number of amides is 1. The highest BCUT2D eigenvalue weighted by atomic mass is 16.5. The number of rotatable bonds is 6. The number of hydrogen-bond donors (Lipinski definition) is 0. The van der Waals surface area contributed by atoms with E-state index >= 15 is 0 Å². The van der Waals surface area contributed by atoms with Gasteiger partial charge in [0.25, 0.3) is 5.91 Å². The molecule has 1 aliphatic rings. The summed E-state index contributed by atoms with van der Waals surface area (Å²) in [4.78, 5) is 16.9. The molecule has 4 rings (SSSR count). The van der Waals surface area contributed by atoms with Gasteiger partial charge in [-0.05, 0) is 30.6 Å². The van der Waals surface area contributed by atoms with Crippen molar-refractivity contribution < 1.29 is 14.3 Å². The lowest BCUT2D eigenvalue weighted by Gasteiger charge is -2.25. The van der Waals surface area contributed by atoms with Crippen LogP contribution >= 0.6 is 0 Å². The lowest BCUT2D eigenvalue weighted by molar-refractivity contribution is 0.0977. The lowest BCUT2D eigenvalue weighted by Crippen LogP contribution is -2.37. The molecule has 0 spiro atoms. The zero-order valence-corrected chi connectivity index (χ0v) is 15.7. The summed E-state index contributed by atoms with van der Waals surface area (Å²) in [5.41, 5.74) is 2.79. The summed E-state index contributed by atoms with van der Waals surface area (Å²) in [6.45, 7) is 1.16. The fourth-order valence-electron chi connectivity index (χ4n) is 3.68. The molecule has 3 aromatic carbocycles. The highest BCUT2D eigenvalue weighted by molar-refractivity contribution is 6.24. The van der Waals surface area contributed by atoms with Crippen molar-refractivity contribution in [1.29, 1.82) is 0 Å². The number of carbonyl (C=O) groups is 1. The molecule has 5 heteroatoms. The SMILES string of the molecule is COc1ccc(CN(C)CN2C(=O)c3cccc4cccc2c34)c(OC)c1. The third-order valence-corrected chi connectivity index (χ3v) is 4.97. The van der Waals surface area contributed by atoms with E-state index in [1.807, 2.05) is 66.5 Å². The zero-order chi connectivity index (χ0) is 19.0. The van der Waals surface area contributed by atoms with E-state index in [1.54, 1.807) is 14.2 Å². The number of benzene rings is 3. The van der Waals surface area contributed by atoms with Crippen LogP contribution in [-0.2, 0) is 6.54 Å². The van der Waals surface area contributed by atoms with Crippen molar-refractivity contribution in [3.63, 3.8) is 0 Å². The van der Waals surface area contributed by atoms with Crippen LogP contribution in [0.25, 0.3) is 10.8 Å². The Kier molecular flexibility index (Phi) is 4.46. The first-order chi connectivity index (χ1) is 13.1. The molecule has 138 valence electrons. The van der Waals surface area contributed by atoms with Gasteiger partial charge in [0.2, 0.25) is 0 Å². The van der Waals surface area contributed by atoms with E-state index in [2.05, 4.69) is 4.90 Å². The number of anilines is 1.